The summed E-state index contributed by atoms with van der Waals surface area (Å²) >= 11 is 0. The van der Waals surface area contributed by atoms with Gasteiger partial charge in [0.15, 0.2) is 0 Å². The van der Waals surface area contributed by atoms with Gasteiger partial charge in [0.25, 0.3) is 0 Å². The molecule has 0 saturated carbocycles. The molecule has 1 N–H and O–H groups in total. The van der Waals surface area contributed by atoms with Crippen LogP contribution in [0, 0.1) is 6.92 Å². The van der Waals surface area contributed by atoms with Gasteiger partial charge in [-0.25, -0.2) is 9.48 Å². The van der Waals surface area contributed by atoms with Gasteiger partial charge in [-0.05, 0) is 62.2 Å². The van der Waals surface area contributed by atoms with Crippen molar-refractivity contribution in [2.24, 2.45) is 0 Å². The maximum atomic E-state index is 14.3. The third-order valence-corrected chi connectivity index (χ3v) is 7.39. The van der Waals surface area contributed by atoms with Crippen LogP contribution in [0.4, 0.5) is 10.5 Å². The quantitative estimate of drug-likeness (QED) is 0.255. The number of ether oxygens (including phenoxy) is 1. The fraction of sp³-hybridized carbons (Fsp3) is 0.212. The first-order chi connectivity index (χ1) is 19.6. The Morgan fingerprint density at radius 1 is 0.950 bits per heavy atom. The molecule has 2 amide bonds. The number of carbonyl (C=O) groups is 1. The topological polar surface area (TPSA) is 64.3 Å². The van der Waals surface area contributed by atoms with Crippen molar-refractivity contribution in [3.8, 4) is 17.3 Å². The third kappa shape index (κ3) is 4.53. The fourth-order valence-electron chi connectivity index (χ4n) is 5.49. The molecule has 0 radical (unpaired) electrons. The van der Waals surface area contributed by atoms with Crippen LogP contribution in [-0.4, -0.2) is 31.9 Å². The number of aryl methyl sites for hydroxylation is 2. The van der Waals surface area contributed by atoms with Crippen molar-refractivity contribution in [2.75, 3.05) is 11.9 Å². The maximum absolute atomic E-state index is 14.3. The highest BCUT2D eigenvalue weighted by Gasteiger charge is 2.36. The molecule has 0 aliphatic carbocycles. The number of benzene rings is 3. The van der Waals surface area contributed by atoms with Crippen molar-refractivity contribution in [1.29, 1.82) is 0 Å². The molecule has 3 heterocycles. The molecular weight excluding hydrogens is 498 g/mol. The van der Waals surface area contributed by atoms with E-state index in [1.165, 1.54) is 5.56 Å². The van der Waals surface area contributed by atoms with E-state index in [1.54, 1.807) is 0 Å². The second kappa shape index (κ2) is 10.8. The highest BCUT2D eigenvalue weighted by Crippen LogP contribution is 2.39. The van der Waals surface area contributed by atoms with Crippen LogP contribution in [0.1, 0.15) is 48.0 Å². The summed E-state index contributed by atoms with van der Waals surface area (Å²) in [5.41, 5.74) is 6.84. The van der Waals surface area contributed by atoms with E-state index in [0.717, 1.165) is 40.4 Å². The van der Waals surface area contributed by atoms with E-state index in [2.05, 4.69) is 72.4 Å². The molecule has 1 aliphatic rings. The van der Waals surface area contributed by atoms with Crippen molar-refractivity contribution < 1.29 is 9.53 Å². The Balaban J connectivity index is 1.53. The Labute approximate surface area is 234 Å². The zero-order valence-electron chi connectivity index (χ0n) is 23.0. The third-order valence-electron chi connectivity index (χ3n) is 7.39. The van der Waals surface area contributed by atoms with Crippen molar-refractivity contribution in [3.63, 3.8) is 0 Å². The van der Waals surface area contributed by atoms with Crippen LogP contribution in [-0.2, 0) is 13.0 Å². The van der Waals surface area contributed by atoms with Crippen LogP contribution < -0.4 is 10.1 Å². The molecule has 2 aromatic heterocycles. The smallest absolute Gasteiger partial charge is 0.323 e. The van der Waals surface area contributed by atoms with Gasteiger partial charge in [0.05, 0.1) is 42.0 Å². The van der Waals surface area contributed by atoms with Crippen LogP contribution in [0.15, 0.2) is 97.2 Å². The second-order valence-corrected chi connectivity index (χ2v) is 9.95. The van der Waals surface area contributed by atoms with E-state index in [1.807, 2.05) is 65.0 Å². The zero-order valence-corrected chi connectivity index (χ0v) is 23.0. The van der Waals surface area contributed by atoms with Crippen LogP contribution in [0.2, 0.25) is 0 Å². The number of aromatic nitrogens is 3. The number of anilines is 1. The Bertz CT molecular complexity index is 1640. The molecule has 1 aliphatic heterocycles. The van der Waals surface area contributed by atoms with Crippen molar-refractivity contribution in [1.82, 2.24) is 19.2 Å². The first-order valence-electron chi connectivity index (χ1n) is 13.8. The van der Waals surface area contributed by atoms with Gasteiger partial charge in [-0.2, -0.15) is 5.10 Å². The molecule has 0 fully saturated rings. The molecule has 1 atom stereocenters. The average molecular weight is 532 g/mol. The normalized spacial score (nSPS) is 14.3. The predicted octanol–water partition coefficient (Wildman–Crippen LogP) is 7.07. The first kappa shape index (κ1) is 25.5. The van der Waals surface area contributed by atoms with Crippen molar-refractivity contribution >= 4 is 11.7 Å². The largest absolute Gasteiger partial charge is 0.492 e. The van der Waals surface area contributed by atoms with Gasteiger partial charge in [-0.1, -0.05) is 67.1 Å². The van der Waals surface area contributed by atoms with E-state index >= 15 is 0 Å². The standard InChI is InChI=1S/C33H33N5O2/c1-4-27-26-22-37(33(39)34-28-14-9-10-16-30(28)40-5-2)31(24-19-17-23(3)18-20-24)29-15-11-21-36(29)32(26)38(35-27)25-12-7-6-8-13-25/h6-21,31H,4-5,22H2,1-3H3,(H,34,39). The van der Waals surface area contributed by atoms with E-state index in [-0.39, 0.29) is 12.1 Å². The first-order valence-corrected chi connectivity index (χ1v) is 13.8. The molecule has 6 rings (SSSR count). The van der Waals surface area contributed by atoms with Gasteiger partial charge in [0.1, 0.15) is 11.6 Å². The lowest BCUT2D eigenvalue weighted by Gasteiger charge is -2.31. The van der Waals surface area contributed by atoms with Gasteiger partial charge < -0.3 is 19.5 Å². The maximum Gasteiger partial charge on any atom is 0.323 e. The highest BCUT2D eigenvalue weighted by atomic mass is 16.5. The Kier molecular flexibility index (Phi) is 6.86. The number of nitrogens with zero attached hydrogens (tertiary/aromatic N) is 4. The van der Waals surface area contributed by atoms with Gasteiger partial charge in [0.2, 0.25) is 0 Å². The number of fused-ring (bicyclic) bond motifs is 3. The molecule has 40 heavy (non-hydrogen) atoms. The van der Waals surface area contributed by atoms with Gasteiger partial charge in [-0.3, -0.25) is 0 Å². The Hall–Kier alpha value is -4.78. The highest BCUT2D eigenvalue weighted by molar-refractivity contribution is 5.91. The number of para-hydroxylation sites is 3. The van der Waals surface area contributed by atoms with Crippen LogP contribution in [0.5, 0.6) is 5.75 Å². The summed E-state index contributed by atoms with van der Waals surface area (Å²) in [5, 5.41) is 8.20. The number of hydrogen-bond donors (Lipinski definition) is 1. The summed E-state index contributed by atoms with van der Waals surface area (Å²) in [4.78, 5) is 16.2. The number of rotatable bonds is 6. The van der Waals surface area contributed by atoms with E-state index in [0.29, 0.717) is 24.6 Å². The molecule has 7 nitrogen and oxygen atoms in total. The minimum atomic E-state index is -0.323. The second-order valence-electron chi connectivity index (χ2n) is 9.95. The summed E-state index contributed by atoms with van der Waals surface area (Å²) in [6, 6.07) is 29.8. The average Bonchev–Trinajstić information content (AvgIpc) is 3.56. The van der Waals surface area contributed by atoms with Gasteiger partial charge in [-0.15, -0.1) is 0 Å². The van der Waals surface area contributed by atoms with E-state index < -0.39 is 0 Å². The molecule has 0 saturated heterocycles. The van der Waals surface area contributed by atoms with Crippen molar-refractivity contribution in [2.45, 2.75) is 39.8 Å². The van der Waals surface area contributed by atoms with E-state index in [9.17, 15) is 4.79 Å². The lowest BCUT2D eigenvalue weighted by Crippen LogP contribution is -2.38. The van der Waals surface area contributed by atoms with Gasteiger partial charge >= 0.3 is 6.03 Å². The minimum absolute atomic E-state index is 0.201. The molecule has 7 heteroatoms. The Morgan fingerprint density at radius 3 is 2.45 bits per heavy atom. The van der Waals surface area contributed by atoms with Gasteiger partial charge in [0, 0.05) is 11.8 Å². The number of carbonyl (C=O) groups excluding carboxylic acids is 1. The summed E-state index contributed by atoms with van der Waals surface area (Å²) in [6.45, 7) is 7.03. The number of amides is 2. The van der Waals surface area contributed by atoms with Crippen LogP contribution in [0.3, 0.4) is 0 Å². The monoisotopic (exact) mass is 531 g/mol. The molecule has 0 bridgehead atoms. The number of hydrogen-bond acceptors (Lipinski definition) is 3. The summed E-state index contributed by atoms with van der Waals surface area (Å²) < 4.78 is 10.0. The lowest BCUT2D eigenvalue weighted by atomic mass is 10.0. The van der Waals surface area contributed by atoms with Crippen molar-refractivity contribution in [3.05, 3.63) is 125 Å². The molecule has 0 spiro atoms. The lowest BCUT2D eigenvalue weighted by molar-refractivity contribution is 0.194. The minimum Gasteiger partial charge on any atom is -0.492 e. The summed E-state index contributed by atoms with van der Waals surface area (Å²) in [5.74, 6) is 1.61. The zero-order chi connectivity index (χ0) is 27.6. The molecule has 3 aromatic carbocycles. The van der Waals surface area contributed by atoms with Crippen LogP contribution in [0.25, 0.3) is 11.5 Å². The summed E-state index contributed by atoms with van der Waals surface area (Å²) in [6.07, 6.45) is 2.82. The summed E-state index contributed by atoms with van der Waals surface area (Å²) in [7, 11) is 0. The Morgan fingerprint density at radius 2 is 1.70 bits per heavy atom. The number of urea groups is 1. The number of nitrogens with one attached hydrogen (secondary N) is 1. The fourth-order valence-corrected chi connectivity index (χ4v) is 5.49. The molecule has 1 unspecified atom stereocenters. The van der Waals surface area contributed by atoms with E-state index in [4.69, 9.17) is 9.84 Å². The molecule has 5 aromatic rings. The molecular formula is C33H33N5O2. The predicted molar refractivity (Wildman–Crippen MR) is 157 cm³/mol. The molecule has 202 valence electrons. The van der Waals surface area contributed by atoms with Crippen LogP contribution >= 0.6 is 0 Å². The SMILES string of the molecule is CCOc1ccccc1NC(=O)N1Cc2c(CC)nn(-c3ccccc3)c2-n2cccc2C1c1ccc(C)cc1.